The molecule has 4 heteroatoms. The van der Waals surface area contributed by atoms with Gasteiger partial charge >= 0.3 is 0 Å². The summed E-state index contributed by atoms with van der Waals surface area (Å²) < 4.78 is 0. The van der Waals surface area contributed by atoms with Crippen molar-refractivity contribution in [2.24, 2.45) is 11.0 Å². The van der Waals surface area contributed by atoms with Crippen molar-refractivity contribution in [2.75, 3.05) is 20.1 Å². The first kappa shape index (κ1) is 9.78. The molecule has 2 atom stereocenters. The van der Waals surface area contributed by atoms with Gasteiger partial charge in [-0.1, -0.05) is 6.07 Å². The van der Waals surface area contributed by atoms with Crippen LogP contribution in [0.1, 0.15) is 18.2 Å². The molecule has 1 N–H and O–H groups in total. The predicted molar refractivity (Wildman–Crippen MR) is 63.2 cm³/mol. The molecule has 0 spiro atoms. The van der Waals surface area contributed by atoms with Crippen molar-refractivity contribution in [1.29, 1.82) is 0 Å². The van der Waals surface area contributed by atoms with Crippen molar-refractivity contribution >= 4 is 5.71 Å². The van der Waals surface area contributed by atoms with Gasteiger partial charge in [0.15, 0.2) is 0 Å². The highest BCUT2D eigenvalue weighted by molar-refractivity contribution is 5.89. The smallest absolute Gasteiger partial charge is 0.0953 e. The molecular formula is C12H16N4. The van der Waals surface area contributed by atoms with Crippen LogP contribution in [0.25, 0.3) is 0 Å². The van der Waals surface area contributed by atoms with E-state index in [4.69, 9.17) is 0 Å². The maximum atomic E-state index is 4.45. The zero-order chi connectivity index (χ0) is 11.0. The summed E-state index contributed by atoms with van der Waals surface area (Å²) in [5.74, 6) is 0.494. The van der Waals surface area contributed by atoms with Crippen molar-refractivity contribution < 1.29 is 0 Å². The monoisotopic (exact) mass is 216 g/mol. The Bertz CT molecular complexity index is 401. The number of aromatic nitrogens is 1. The average Bonchev–Trinajstić information content (AvgIpc) is 2.73. The molecule has 0 amide bonds. The van der Waals surface area contributed by atoms with E-state index in [1.807, 2.05) is 18.3 Å². The van der Waals surface area contributed by atoms with E-state index in [1.54, 1.807) is 0 Å². The van der Waals surface area contributed by atoms with Crippen LogP contribution in [0.15, 0.2) is 29.5 Å². The van der Waals surface area contributed by atoms with Crippen molar-refractivity contribution in [2.45, 2.75) is 12.5 Å². The highest BCUT2D eigenvalue weighted by Crippen LogP contribution is 2.30. The molecule has 1 saturated heterocycles. The number of piperidine rings is 1. The van der Waals surface area contributed by atoms with Crippen LogP contribution in [0.5, 0.6) is 0 Å². The molecule has 1 aromatic rings. The van der Waals surface area contributed by atoms with Gasteiger partial charge in [-0.15, -0.1) is 0 Å². The number of likely N-dealkylation sites (tertiary alicyclic amines) is 1. The summed E-state index contributed by atoms with van der Waals surface area (Å²) in [4.78, 5) is 6.79. The Balaban J connectivity index is 1.84. The number of pyridine rings is 1. The zero-order valence-electron chi connectivity index (χ0n) is 9.43. The van der Waals surface area contributed by atoms with Gasteiger partial charge in [0.25, 0.3) is 0 Å². The molecule has 0 aliphatic carbocycles. The quantitative estimate of drug-likeness (QED) is 0.762. The van der Waals surface area contributed by atoms with Crippen LogP contribution < -0.4 is 5.43 Å². The van der Waals surface area contributed by atoms with E-state index < -0.39 is 0 Å². The molecule has 84 valence electrons. The summed E-state index contributed by atoms with van der Waals surface area (Å²) in [5.41, 5.74) is 5.65. The largest absolute Gasteiger partial charge is 0.305 e. The number of fused-ring (bicyclic) bond motifs is 1. The van der Waals surface area contributed by atoms with E-state index in [9.17, 15) is 0 Å². The fourth-order valence-electron chi connectivity index (χ4n) is 2.53. The van der Waals surface area contributed by atoms with Crippen LogP contribution in [0.4, 0.5) is 0 Å². The second-order valence-corrected chi connectivity index (χ2v) is 4.58. The Morgan fingerprint density at radius 1 is 1.44 bits per heavy atom. The van der Waals surface area contributed by atoms with E-state index in [0.29, 0.717) is 5.92 Å². The van der Waals surface area contributed by atoms with Gasteiger partial charge in [0, 0.05) is 37.3 Å². The highest BCUT2D eigenvalue weighted by atomic mass is 15.4. The third-order valence-corrected chi connectivity index (χ3v) is 3.44. The molecule has 4 nitrogen and oxygen atoms in total. The summed E-state index contributed by atoms with van der Waals surface area (Å²) in [6.45, 7) is 2.19. The molecule has 2 aliphatic heterocycles. The summed E-state index contributed by atoms with van der Waals surface area (Å²) in [6, 6.07) is 6.32. The number of nitrogens with zero attached hydrogens (tertiary/aromatic N) is 3. The van der Waals surface area contributed by atoms with Gasteiger partial charge in [-0.3, -0.25) is 4.98 Å². The van der Waals surface area contributed by atoms with E-state index >= 15 is 0 Å². The van der Waals surface area contributed by atoms with Gasteiger partial charge < -0.3 is 10.3 Å². The van der Waals surface area contributed by atoms with E-state index in [2.05, 4.69) is 33.5 Å². The highest BCUT2D eigenvalue weighted by Gasteiger charge is 2.36. The number of rotatable bonds is 1. The Kier molecular flexibility index (Phi) is 2.36. The van der Waals surface area contributed by atoms with Crippen LogP contribution in [-0.4, -0.2) is 35.7 Å². The average molecular weight is 216 g/mol. The van der Waals surface area contributed by atoms with Crippen molar-refractivity contribution in [3.05, 3.63) is 30.1 Å². The Morgan fingerprint density at radius 2 is 2.38 bits per heavy atom. The Morgan fingerprint density at radius 3 is 3.19 bits per heavy atom. The van der Waals surface area contributed by atoms with Gasteiger partial charge in [0.2, 0.25) is 0 Å². The molecule has 1 aromatic heterocycles. The molecule has 0 aromatic carbocycles. The second-order valence-electron chi connectivity index (χ2n) is 4.58. The maximum Gasteiger partial charge on any atom is 0.0953 e. The van der Waals surface area contributed by atoms with Gasteiger partial charge in [-0.05, 0) is 19.2 Å². The fourth-order valence-corrected chi connectivity index (χ4v) is 2.53. The normalized spacial score (nSPS) is 29.4. The lowest BCUT2D eigenvalue weighted by atomic mass is 9.88. The maximum absolute atomic E-state index is 4.45. The van der Waals surface area contributed by atoms with Gasteiger partial charge in [0.05, 0.1) is 11.7 Å². The first-order valence-electron chi connectivity index (χ1n) is 5.76. The van der Waals surface area contributed by atoms with Crippen molar-refractivity contribution in [1.82, 2.24) is 15.3 Å². The molecule has 16 heavy (non-hydrogen) atoms. The van der Waals surface area contributed by atoms with Crippen LogP contribution in [-0.2, 0) is 0 Å². The molecule has 0 saturated carbocycles. The lowest BCUT2D eigenvalue weighted by Crippen LogP contribution is -2.39. The third-order valence-electron chi connectivity index (χ3n) is 3.44. The van der Waals surface area contributed by atoms with Crippen molar-refractivity contribution in [3.63, 3.8) is 0 Å². The lowest BCUT2D eigenvalue weighted by Gasteiger charge is -2.30. The van der Waals surface area contributed by atoms with E-state index in [0.717, 1.165) is 25.2 Å². The van der Waals surface area contributed by atoms with Gasteiger partial charge in [-0.25, -0.2) is 0 Å². The Labute approximate surface area is 95.4 Å². The molecule has 3 heterocycles. The summed E-state index contributed by atoms with van der Waals surface area (Å²) in [7, 11) is 2.17. The van der Waals surface area contributed by atoms with Gasteiger partial charge in [0.1, 0.15) is 0 Å². The Hall–Kier alpha value is -1.42. The first-order valence-corrected chi connectivity index (χ1v) is 5.76. The fraction of sp³-hybridized carbons (Fsp3) is 0.500. The number of hydrogen-bond acceptors (Lipinski definition) is 4. The van der Waals surface area contributed by atoms with E-state index in [-0.39, 0.29) is 6.04 Å². The van der Waals surface area contributed by atoms with Crippen molar-refractivity contribution in [3.8, 4) is 0 Å². The van der Waals surface area contributed by atoms with Crippen LogP contribution >= 0.6 is 0 Å². The standard InChI is InChI=1S/C12H16N4/c1-16-7-5-10-9(8-16)12(15-14-10)11-4-2-3-6-13-11/h2-4,6,9,12,15H,5,7-8H2,1H3. The molecule has 0 radical (unpaired) electrons. The van der Waals surface area contributed by atoms with Crippen LogP contribution in [0.3, 0.4) is 0 Å². The first-order chi connectivity index (χ1) is 7.84. The van der Waals surface area contributed by atoms with Crippen LogP contribution in [0, 0.1) is 5.92 Å². The predicted octanol–water partition coefficient (Wildman–Crippen LogP) is 1.03. The molecule has 2 unspecified atom stereocenters. The minimum atomic E-state index is 0.263. The molecule has 1 fully saturated rings. The number of nitrogens with one attached hydrogen (secondary N) is 1. The van der Waals surface area contributed by atoms with Gasteiger partial charge in [-0.2, -0.15) is 5.10 Å². The number of hydrazone groups is 1. The van der Waals surface area contributed by atoms with Crippen LogP contribution in [0.2, 0.25) is 0 Å². The summed E-state index contributed by atoms with van der Waals surface area (Å²) >= 11 is 0. The summed E-state index contributed by atoms with van der Waals surface area (Å²) in [5, 5.41) is 4.45. The third kappa shape index (κ3) is 1.59. The topological polar surface area (TPSA) is 40.5 Å². The molecular weight excluding hydrogens is 200 g/mol. The summed E-state index contributed by atoms with van der Waals surface area (Å²) in [6.07, 6.45) is 2.93. The minimum Gasteiger partial charge on any atom is -0.305 e. The lowest BCUT2D eigenvalue weighted by molar-refractivity contribution is 0.271. The second kappa shape index (κ2) is 3.87. The number of hydrogen-bond donors (Lipinski definition) is 1. The zero-order valence-corrected chi connectivity index (χ0v) is 9.43. The molecule has 3 rings (SSSR count). The SMILES string of the molecule is CN1CCC2=NNC(c3ccccn3)C2C1. The molecule has 0 bridgehead atoms. The molecule has 2 aliphatic rings. The van der Waals surface area contributed by atoms with E-state index in [1.165, 1.54) is 5.71 Å². The minimum absolute atomic E-state index is 0.263.